The molecule has 0 amide bonds. The molecule has 1 saturated carbocycles. The molecule has 0 aromatic heterocycles. The van der Waals surface area contributed by atoms with Crippen LogP contribution in [0.15, 0.2) is 22.7 Å². The molecule has 0 spiro atoms. The predicted molar refractivity (Wildman–Crippen MR) is 72.6 cm³/mol. The topological polar surface area (TPSA) is 20.3 Å². The Labute approximate surface area is 110 Å². The fourth-order valence-corrected chi connectivity index (χ4v) is 3.61. The Kier molecular flexibility index (Phi) is 2.74. The summed E-state index contributed by atoms with van der Waals surface area (Å²) in [7, 11) is 0. The summed E-state index contributed by atoms with van der Waals surface area (Å²) in [5.41, 5.74) is 1.99. The van der Waals surface area contributed by atoms with Gasteiger partial charge in [-0.05, 0) is 50.3 Å². The summed E-state index contributed by atoms with van der Waals surface area (Å²) in [5, 5.41) is 0. The Morgan fingerprint density at radius 1 is 1.41 bits per heavy atom. The zero-order valence-corrected chi connectivity index (χ0v) is 11.5. The van der Waals surface area contributed by atoms with Crippen molar-refractivity contribution >= 4 is 27.4 Å². The van der Waals surface area contributed by atoms with Crippen molar-refractivity contribution in [2.45, 2.75) is 32.2 Å². The lowest BCUT2D eigenvalue weighted by Gasteiger charge is -2.30. The first-order valence-electron chi connectivity index (χ1n) is 6.22. The van der Waals surface area contributed by atoms with Gasteiger partial charge in [-0.2, -0.15) is 0 Å². The molecule has 1 aliphatic heterocycles. The van der Waals surface area contributed by atoms with Gasteiger partial charge in [-0.1, -0.05) is 15.9 Å². The monoisotopic (exact) mass is 293 g/mol. The summed E-state index contributed by atoms with van der Waals surface area (Å²) in [6, 6.07) is 6.65. The third kappa shape index (κ3) is 1.90. The van der Waals surface area contributed by atoms with E-state index in [2.05, 4.69) is 26.9 Å². The van der Waals surface area contributed by atoms with E-state index in [1.165, 1.54) is 19.3 Å². The molecule has 0 N–H and O–H groups in total. The molecule has 2 bridgehead atoms. The van der Waals surface area contributed by atoms with Crippen molar-refractivity contribution in [3.05, 3.63) is 28.2 Å². The number of Topliss-reactive ketones (excluding diaryl/α,β-unsaturated/α-hetero) is 1. The lowest BCUT2D eigenvalue weighted by atomic mass is 10.1. The maximum absolute atomic E-state index is 11.7. The first kappa shape index (κ1) is 11.3. The molecule has 3 rings (SSSR count). The number of rotatable bonds is 2. The number of carbonyl (C=O) groups excluding carboxylic acids is 1. The quantitative estimate of drug-likeness (QED) is 0.776. The molecular weight excluding hydrogens is 278 g/mol. The van der Waals surface area contributed by atoms with Crippen molar-refractivity contribution in [3.63, 3.8) is 0 Å². The van der Waals surface area contributed by atoms with E-state index < -0.39 is 0 Å². The molecule has 1 aromatic rings. The third-order valence-corrected chi connectivity index (χ3v) is 4.55. The van der Waals surface area contributed by atoms with Gasteiger partial charge in [0.25, 0.3) is 0 Å². The van der Waals surface area contributed by atoms with Gasteiger partial charge >= 0.3 is 0 Å². The molecule has 2 atom stereocenters. The highest BCUT2D eigenvalue weighted by molar-refractivity contribution is 9.10. The Morgan fingerprint density at radius 2 is 2.24 bits per heavy atom. The van der Waals surface area contributed by atoms with Gasteiger partial charge in [-0.25, -0.2) is 0 Å². The second kappa shape index (κ2) is 4.13. The lowest BCUT2D eigenvalue weighted by Crippen LogP contribution is -2.32. The summed E-state index contributed by atoms with van der Waals surface area (Å²) in [6.45, 7) is 2.78. The van der Waals surface area contributed by atoms with Crippen LogP contribution in [0.1, 0.15) is 36.5 Å². The average Bonchev–Trinajstić information content (AvgIpc) is 2.90. The van der Waals surface area contributed by atoms with Crippen LogP contribution in [0.2, 0.25) is 0 Å². The van der Waals surface area contributed by atoms with E-state index in [1.54, 1.807) is 6.92 Å². The van der Waals surface area contributed by atoms with Gasteiger partial charge in [0.15, 0.2) is 5.78 Å². The van der Waals surface area contributed by atoms with E-state index in [0.717, 1.165) is 28.2 Å². The van der Waals surface area contributed by atoms with Crippen molar-refractivity contribution in [2.24, 2.45) is 5.92 Å². The molecule has 3 heteroatoms. The number of carbonyl (C=O) groups is 1. The van der Waals surface area contributed by atoms with E-state index in [1.807, 2.05) is 12.1 Å². The molecule has 17 heavy (non-hydrogen) atoms. The maximum atomic E-state index is 11.7. The number of piperidine rings is 1. The fraction of sp³-hybridized carbons (Fsp3) is 0.500. The number of hydrogen-bond acceptors (Lipinski definition) is 2. The highest BCUT2D eigenvalue weighted by atomic mass is 79.9. The normalized spacial score (nSPS) is 26.6. The van der Waals surface area contributed by atoms with Gasteiger partial charge in [0.1, 0.15) is 0 Å². The van der Waals surface area contributed by atoms with E-state index in [4.69, 9.17) is 0 Å². The van der Waals surface area contributed by atoms with Crippen molar-refractivity contribution in [1.29, 1.82) is 0 Å². The van der Waals surface area contributed by atoms with Crippen LogP contribution < -0.4 is 4.90 Å². The molecule has 1 saturated heterocycles. The number of hydrogen-bond donors (Lipinski definition) is 0. The second-order valence-corrected chi connectivity index (χ2v) is 6.12. The van der Waals surface area contributed by atoms with Gasteiger partial charge in [-0.3, -0.25) is 4.79 Å². The predicted octanol–water partition coefficient (Wildman–Crippen LogP) is 3.64. The average molecular weight is 294 g/mol. The van der Waals surface area contributed by atoms with E-state index in [-0.39, 0.29) is 5.78 Å². The van der Waals surface area contributed by atoms with Crippen molar-refractivity contribution in [2.75, 3.05) is 11.4 Å². The first-order valence-corrected chi connectivity index (χ1v) is 7.01. The van der Waals surface area contributed by atoms with E-state index in [9.17, 15) is 4.79 Å². The lowest BCUT2D eigenvalue weighted by molar-refractivity contribution is 0.101. The number of anilines is 1. The molecule has 2 fully saturated rings. The summed E-state index contributed by atoms with van der Waals surface area (Å²) >= 11 is 3.51. The zero-order valence-electron chi connectivity index (χ0n) is 9.95. The van der Waals surface area contributed by atoms with Crippen LogP contribution in [0.4, 0.5) is 5.69 Å². The Bertz CT molecular complexity index is 471. The Morgan fingerprint density at radius 3 is 2.82 bits per heavy atom. The van der Waals surface area contributed by atoms with Crippen LogP contribution in [0.5, 0.6) is 0 Å². The zero-order chi connectivity index (χ0) is 12.0. The Hall–Kier alpha value is -0.830. The molecule has 2 aliphatic rings. The minimum Gasteiger partial charge on any atom is -0.368 e. The van der Waals surface area contributed by atoms with Gasteiger partial charge in [-0.15, -0.1) is 0 Å². The summed E-state index contributed by atoms with van der Waals surface area (Å²) in [4.78, 5) is 14.1. The van der Waals surface area contributed by atoms with Gasteiger partial charge in [0.2, 0.25) is 0 Å². The van der Waals surface area contributed by atoms with Gasteiger partial charge in [0, 0.05) is 28.3 Å². The third-order valence-electron chi connectivity index (χ3n) is 4.06. The molecule has 2 nitrogen and oxygen atoms in total. The first-order chi connectivity index (χ1) is 8.15. The van der Waals surface area contributed by atoms with E-state index in [0.29, 0.717) is 6.04 Å². The van der Waals surface area contributed by atoms with Crippen molar-refractivity contribution in [3.8, 4) is 0 Å². The summed E-state index contributed by atoms with van der Waals surface area (Å²) in [6.07, 6.45) is 3.96. The minimum atomic E-state index is 0.162. The van der Waals surface area contributed by atoms with Crippen LogP contribution in [-0.2, 0) is 0 Å². The second-order valence-electron chi connectivity index (χ2n) is 5.20. The van der Waals surface area contributed by atoms with Crippen LogP contribution in [-0.4, -0.2) is 18.4 Å². The Balaban J connectivity index is 2.01. The number of ketones is 1. The summed E-state index contributed by atoms with van der Waals surface area (Å²) in [5.74, 6) is 1.01. The van der Waals surface area contributed by atoms with Crippen LogP contribution in [0, 0.1) is 5.92 Å². The SMILES string of the molecule is CC(=O)c1ccc(Br)cc1N1CC2CCC1C2. The number of halogens is 1. The summed E-state index contributed by atoms with van der Waals surface area (Å²) < 4.78 is 1.06. The van der Waals surface area contributed by atoms with Crippen LogP contribution in [0.3, 0.4) is 0 Å². The van der Waals surface area contributed by atoms with Crippen LogP contribution in [0.25, 0.3) is 0 Å². The maximum Gasteiger partial charge on any atom is 0.161 e. The highest BCUT2D eigenvalue weighted by Gasteiger charge is 2.38. The fourth-order valence-electron chi connectivity index (χ4n) is 3.26. The molecule has 0 radical (unpaired) electrons. The minimum absolute atomic E-state index is 0.162. The van der Waals surface area contributed by atoms with Gasteiger partial charge in [0.05, 0.1) is 0 Å². The molecule has 1 aliphatic carbocycles. The molecular formula is C14H16BrNO. The number of fused-ring (bicyclic) bond motifs is 2. The highest BCUT2D eigenvalue weighted by Crippen LogP contribution is 2.41. The molecule has 1 aromatic carbocycles. The van der Waals surface area contributed by atoms with E-state index >= 15 is 0 Å². The van der Waals surface area contributed by atoms with Crippen molar-refractivity contribution < 1.29 is 4.79 Å². The molecule has 1 heterocycles. The van der Waals surface area contributed by atoms with Gasteiger partial charge < -0.3 is 4.90 Å². The number of benzene rings is 1. The van der Waals surface area contributed by atoms with Crippen LogP contribution >= 0.6 is 15.9 Å². The van der Waals surface area contributed by atoms with Crippen molar-refractivity contribution in [1.82, 2.24) is 0 Å². The molecule has 2 unspecified atom stereocenters. The largest absolute Gasteiger partial charge is 0.368 e. The molecule has 90 valence electrons. The standard InChI is InChI=1S/C14H16BrNO/c1-9(17)13-5-3-11(15)7-14(13)16-8-10-2-4-12(16)6-10/h3,5,7,10,12H,2,4,6,8H2,1H3. The number of nitrogens with zero attached hydrogens (tertiary/aromatic N) is 1. The smallest absolute Gasteiger partial charge is 0.161 e.